The number of aliphatic hydroxyl groups excluding tert-OH is 1. The predicted octanol–water partition coefficient (Wildman–Crippen LogP) is 4.19. The number of carbonyl (C=O) groups is 3. The number of likely N-dealkylation sites (tertiary alicyclic amines) is 1. The van der Waals surface area contributed by atoms with Crippen molar-refractivity contribution in [2.75, 3.05) is 26.2 Å². The second-order valence-corrected chi connectivity index (χ2v) is 13.9. The van der Waals surface area contributed by atoms with Gasteiger partial charge in [0.1, 0.15) is 11.6 Å². The zero-order valence-corrected chi connectivity index (χ0v) is 26.1. The van der Waals surface area contributed by atoms with Crippen LogP contribution in [0.3, 0.4) is 0 Å². The Morgan fingerprint density at radius 3 is 2.36 bits per heavy atom. The molecular formula is C34H49N3O5. The molecule has 2 bridgehead atoms. The van der Waals surface area contributed by atoms with Crippen LogP contribution < -0.4 is 0 Å². The molecule has 5 atom stereocenters. The zero-order valence-electron chi connectivity index (χ0n) is 26.1. The number of aliphatic hydroxyl groups is 1. The molecule has 2 unspecified atom stereocenters. The van der Waals surface area contributed by atoms with Gasteiger partial charge in [0.2, 0.25) is 17.7 Å². The van der Waals surface area contributed by atoms with Gasteiger partial charge in [-0.15, -0.1) is 13.2 Å². The fourth-order valence-corrected chi connectivity index (χ4v) is 7.90. The van der Waals surface area contributed by atoms with Gasteiger partial charge in [0.15, 0.2) is 0 Å². The van der Waals surface area contributed by atoms with Crippen LogP contribution in [0, 0.1) is 17.3 Å². The topological polar surface area (TPSA) is 90.4 Å². The van der Waals surface area contributed by atoms with Crippen molar-refractivity contribution in [2.24, 2.45) is 17.3 Å². The third kappa shape index (κ3) is 5.93. The van der Waals surface area contributed by atoms with E-state index in [4.69, 9.17) is 4.74 Å². The van der Waals surface area contributed by atoms with Gasteiger partial charge in [0.05, 0.1) is 17.9 Å². The van der Waals surface area contributed by atoms with E-state index in [1.54, 1.807) is 22.0 Å². The summed E-state index contributed by atoms with van der Waals surface area (Å²) in [6.45, 7) is 19.5. The average Bonchev–Trinajstić information content (AvgIpc) is 3.56. The van der Waals surface area contributed by atoms with Crippen molar-refractivity contribution >= 4 is 17.7 Å². The summed E-state index contributed by atoms with van der Waals surface area (Å²) in [7, 11) is 0. The number of hydrogen-bond donors (Lipinski definition) is 1. The molecule has 3 saturated heterocycles. The standard InChI is InChI=1S/C34H49N3O5/c1-8-18-35(22-24-14-11-10-12-15-24)29(39)26-25-16-17-34(42-25)27(26)30(40)36(20-13-21-38)28(34)31(41)37(19-9-2)33(6,7)23-32(3,4)5/h8-12,14-15,25-28,38H,1-2,13,16-23H2,3-7H3/t25-,26+,27+,28?,34?/m1/s1. The van der Waals surface area contributed by atoms with Crippen LogP contribution in [0.2, 0.25) is 0 Å². The van der Waals surface area contributed by atoms with E-state index in [0.717, 1.165) is 12.0 Å². The molecule has 42 heavy (non-hydrogen) atoms. The normalized spacial score (nSPS) is 26.7. The van der Waals surface area contributed by atoms with E-state index < -0.39 is 35.1 Å². The first-order chi connectivity index (χ1) is 19.8. The summed E-state index contributed by atoms with van der Waals surface area (Å²) in [6.07, 6.45) is 5.22. The Hall–Kier alpha value is -2.97. The molecule has 0 aliphatic carbocycles. The van der Waals surface area contributed by atoms with Crippen LogP contribution in [0.25, 0.3) is 0 Å². The van der Waals surface area contributed by atoms with Crippen molar-refractivity contribution in [3.8, 4) is 0 Å². The van der Waals surface area contributed by atoms with Gasteiger partial charge in [-0.2, -0.15) is 0 Å². The summed E-state index contributed by atoms with van der Waals surface area (Å²) in [5.74, 6) is -1.99. The molecule has 1 aromatic rings. The molecule has 1 aromatic carbocycles. The molecule has 3 aliphatic heterocycles. The Kier molecular flexibility index (Phi) is 9.38. The second-order valence-electron chi connectivity index (χ2n) is 13.9. The lowest BCUT2D eigenvalue weighted by molar-refractivity contribution is -0.153. The molecular weight excluding hydrogens is 530 g/mol. The molecule has 0 saturated carbocycles. The van der Waals surface area contributed by atoms with E-state index in [2.05, 4.69) is 47.8 Å². The first-order valence-corrected chi connectivity index (χ1v) is 15.3. The summed E-state index contributed by atoms with van der Waals surface area (Å²) >= 11 is 0. The lowest BCUT2D eigenvalue weighted by Gasteiger charge is -2.45. The molecule has 1 spiro atoms. The molecule has 8 heteroatoms. The fourth-order valence-electron chi connectivity index (χ4n) is 7.90. The molecule has 3 heterocycles. The molecule has 0 aromatic heterocycles. The second kappa shape index (κ2) is 12.3. The Labute approximate surface area is 251 Å². The van der Waals surface area contributed by atoms with Crippen LogP contribution in [0.15, 0.2) is 55.6 Å². The minimum absolute atomic E-state index is 0.0424. The Balaban J connectivity index is 1.72. The molecule has 230 valence electrons. The Morgan fingerprint density at radius 2 is 1.76 bits per heavy atom. The summed E-state index contributed by atoms with van der Waals surface area (Å²) in [5, 5.41) is 9.68. The smallest absolute Gasteiger partial charge is 0.249 e. The number of ether oxygens (including phenoxy) is 1. The third-order valence-corrected chi connectivity index (χ3v) is 9.03. The molecule has 3 fully saturated rings. The maximum absolute atomic E-state index is 14.7. The van der Waals surface area contributed by atoms with Crippen LogP contribution in [-0.4, -0.2) is 87.1 Å². The van der Waals surface area contributed by atoms with Crippen LogP contribution >= 0.6 is 0 Å². The maximum Gasteiger partial charge on any atom is 0.249 e. The number of nitrogens with zero attached hydrogens (tertiary/aromatic N) is 3. The molecule has 1 N–H and O–H groups in total. The van der Waals surface area contributed by atoms with Gasteiger partial charge in [-0.1, -0.05) is 63.3 Å². The van der Waals surface area contributed by atoms with Gasteiger partial charge in [-0.3, -0.25) is 14.4 Å². The van der Waals surface area contributed by atoms with Gasteiger partial charge in [0, 0.05) is 38.3 Å². The van der Waals surface area contributed by atoms with E-state index in [1.165, 1.54) is 0 Å². The van der Waals surface area contributed by atoms with Gasteiger partial charge in [0.25, 0.3) is 0 Å². The summed E-state index contributed by atoms with van der Waals surface area (Å²) in [6, 6.07) is 8.89. The molecule has 3 aliphatic rings. The number of carbonyl (C=O) groups excluding carboxylic acids is 3. The van der Waals surface area contributed by atoms with Crippen molar-refractivity contribution in [1.29, 1.82) is 0 Å². The third-order valence-electron chi connectivity index (χ3n) is 9.03. The van der Waals surface area contributed by atoms with Crippen molar-refractivity contribution < 1.29 is 24.2 Å². The molecule has 0 radical (unpaired) electrons. The first-order valence-electron chi connectivity index (χ1n) is 15.3. The van der Waals surface area contributed by atoms with E-state index in [9.17, 15) is 19.5 Å². The first kappa shape index (κ1) is 32.0. The van der Waals surface area contributed by atoms with Crippen LogP contribution in [0.1, 0.15) is 65.9 Å². The van der Waals surface area contributed by atoms with Crippen LogP contribution in [-0.2, 0) is 25.7 Å². The number of rotatable bonds is 13. The van der Waals surface area contributed by atoms with E-state index in [-0.39, 0.29) is 36.3 Å². The molecule has 4 rings (SSSR count). The minimum atomic E-state index is -1.08. The predicted molar refractivity (Wildman–Crippen MR) is 163 cm³/mol. The zero-order chi connectivity index (χ0) is 30.9. The van der Waals surface area contributed by atoms with Gasteiger partial charge < -0.3 is 24.5 Å². The van der Waals surface area contributed by atoms with Crippen molar-refractivity contribution in [3.05, 3.63) is 61.2 Å². The maximum atomic E-state index is 14.7. The summed E-state index contributed by atoms with van der Waals surface area (Å²) < 4.78 is 6.68. The molecule has 8 nitrogen and oxygen atoms in total. The van der Waals surface area contributed by atoms with Crippen LogP contribution in [0.4, 0.5) is 0 Å². The molecule has 3 amide bonds. The lowest BCUT2D eigenvalue weighted by atomic mass is 9.70. The highest BCUT2D eigenvalue weighted by Gasteiger charge is 2.75. The lowest BCUT2D eigenvalue weighted by Crippen LogP contribution is -2.61. The van der Waals surface area contributed by atoms with Crippen LogP contribution in [0.5, 0.6) is 0 Å². The number of amides is 3. The highest BCUT2D eigenvalue weighted by Crippen LogP contribution is 2.59. The number of hydrogen-bond acceptors (Lipinski definition) is 5. The van der Waals surface area contributed by atoms with Crippen molar-refractivity contribution in [2.45, 2.75) is 90.1 Å². The van der Waals surface area contributed by atoms with Gasteiger partial charge >= 0.3 is 0 Å². The largest absolute Gasteiger partial charge is 0.396 e. The fraction of sp³-hybridized carbons (Fsp3) is 0.618. The SMILES string of the molecule is C=CCN(Cc1ccccc1)C(=O)[C@@H]1[C@H]2C(=O)N(CCCO)C(C(=O)N(CC=C)C(C)(C)CC(C)(C)C)C23CC[C@H]1O3. The van der Waals surface area contributed by atoms with Crippen molar-refractivity contribution in [3.63, 3.8) is 0 Å². The highest BCUT2D eigenvalue weighted by molar-refractivity contribution is 5.99. The Morgan fingerprint density at radius 1 is 1.10 bits per heavy atom. The quantitative estimate of drug-likeness (QED) is 0.354. The Bertz CT molecular complexity index is 1180. The summed E-state index contributed by atoms with van der Waals surface area (Å²) in [4.78, 5) is 48.4. The summed E-state index contributed by atoms with van der Waals surface area (Å²) in [5.41, 5.74) is -0.660. The minimum Gasteiger partial charge on any atom is -0.396 e. The monoisotopic (exact) mass is 579 g/mol. The number of benzene rings is 1. The van der Waals surface area contributed by atoms with Gasteiger partial charge in [-0.25, -0.2) is 0 Å². The highest BCUT2D eigenvalue weighted by atomic mass is 16.5. The van der Waals surface area contributed by atoms with E-state index in [0.29, 0.717) is 38.9 Å². The number of fused-ring (bicyclic) bond motifs is 1. The van der Waals surface area contributed by atoms with E-state index in [1.807, 2.05) is 35.2 Å². The average molecular weight is 580 g/mol. The van der Waals surface area contributed by atoms with E-state index >= 15 is 0 Å². The van der Waals surface area contributed by atoms with Gasteiger partial charge in [-0.05, 0) is 50.5 Å². The van der Waals surface area contributed by atoms with Crippen molar-refractivity contribution in [1.82, 2.24) is 14.7 Å².